The van der Waals surface area contributed by atoms with Crippen LogP contribution in [0.4, 0.5) is 0 Å². The van der Waals surface area contributed by atoms with Crippen molar-refractivity contribution in [3.8, 4) is 0 Å². The number of rotatable bonds is 14. The normalized spacial score (nSPS) is 14.8. The Morgan fingerprint density at radius 1 is 0.732 bits per heavy atom. The Morgan fingerprint density at radius 3 is 1.39 bits per heavy atom. The summed E-state index contributed by atoms with van der Waals surface area (Å²) in [6.07, 6.45) is 20.2. The van der Waals surface area contributed by atoms with Gasteiger partial charge in [0.1, 0.15) is 0 Å². The molecule has 0 spiro atoms. The van der Waals surface area contributed by atoms with Crippen molar-refractivity contribution in [1.29, 1.82) is 1.28 Å². The standard InChI is InChI=1S/C14H21Cl3.C7H13Cl3.C6H11Cl.CH5P.CH4.CH3.H3P.2V/c1-3-4-5-6-7-8-9-13(16)11-14(17)10-12(2)15;1-5(8)3-7(10)4-6(2)9;1-3-5-6(7)4-2;1-2;;;;;/h3-8,12-14H,9-11H2,1-2H3;5-7H,3-4H2,1-2H3;5H,3-4H2,1-2H3;2H2,1H3;1H4;2*1H3;;/q;;;;;-1;;;/b4-3+,6-5+,8-7+;;6-5-;;;;;;/i;;;;;;1D;;. The summed E-state index contributed by atoms with van der Waals surface area (Å²) in [5.41, 5.74) is 0. The summed E-state index contributed by atoms with van der Waals surface area (Å²) in [6.45, 7) is 13.9. The molecule has 0 nitrogen and oxygen atoms in total. The van der Waals surface area contributed by atoms with E-state index in [1.54, 1.807) is 9.84 Å². The fourth-order valence-electron chi connectivity index (χ4n) is 2.53. The minimum absolute atomic E-state index is 0. The quantitative estimate of drug-likeness (QED) is 0.0708. The third-order valence-corrected chi connectivity index (χ3v) is 6.10. The van der Waals surface area contributed by atoms with Crippen LogP contribution in [0, 0.1) is 7.43 Å². The van der Waals surface area contributed by atoms with Gasteiger partial charge in [0.25, 0.3) is 0 Å². The molecule has 0 saturated heterocycles. The van der Waals surface area contributed by atoms with Gasteiger partial charge in [-0.2, -0.15) is 9.84 Å². The smallest absolute Gasteiger partial charge is 0.0511 e. The molecule has 7 unspecified atom stereocenters. The maximum absolute atomic E-state index is 6.18. The Morgan fingerprint density at radius 2 is 1.10 bits per heavy atom. The molecule has 0 aliphatic heterocycles. The third kappa shape index (κ3) is 70.6. The van der Waals surface area contributed by atoms with Gasteiger partial charge in [0.05, 0.1) is 1.28 Å². The number of hydrogen-bond donors (Lipinski definition) is 0. The molecule has 7 atom stereocenters. The zero-order valence-corrected chi connectivity index (χ0v) is 36.0. The van der Waals surface area contributed by atoms with Gasteiger partial charge in [0.15, 0.2) is 0 Å². The molecule has 0 aromatic heterocycles. The molecular weight excluding hydrogens is 772 g/mol. The van der Waals surface area contributed by atoms with Crippen molar-refractivity contribution in [2.45, 2.75) is 126 Å². The van der Waals surface area contributed by atoms with Gasteiger partial charge in [-0.1, -0.05) is 82.1 Å². The Kier molecular flexibility index (Phi) is 80.5. The summed E-state index contributed by atoms with van der Waals surface area (Å²) in [6, 6.07) is 0. The van der Waals surface area contributed by atoms with Crippen LogP contribution < -0.4 is 0 Å². The molecule has 0 fully saturated rings. The number of halogens is 7. The predicted octanol–water partition coefficient (Wildman–Crippen LogP) is 13.9. The maximum atomic E-state index is 6.18. The zero-order valence-electron chi connectivity index (χ0n) is 26.7. The summed E-state index contributed by atoms with van der Waals surface area (Å²) in [4.78, 5) is 0. The summed E-state index contributed by atoms with van der Waals surface area (Å²) >= 11 is 41.2. The molecule has 41 heavy (non-hydrogen) atoms. The van der Waals surface area contributed by atoms with Gasteiger partial charge >= 0.3 is 0 Å². The van der Waals surface area contributed by atoms with Gasteiger partial charge < -0.3 is 7.43 Å². The Labute approximate surface area is 323 Å². The molecule has 2 radical (unpaired) electrons. The molecular formula is C30H60Cl7P2V2-. The minimum atomic E-state index is 0. The first-order valence-electron chi connectivity index (χ1n) is 13.2. The second-order valence-electron chi connectivity index (χ2n) is 8.06. The van der Waals surface area contributed by atoms with Crippen LogP contribution in [-0.2, 0) is 37.1 Å². The van der Waals surface area contributed by atoms with Crippen molar-refractivity contribution in [1.82, 2.24) is 0 Å². The Bertz CT molecular complexity index is 558. The van der Waals surface area contributed by atoms with Crippen LogP contribution in [0.1, 0.15) is 93.9 Å². The van der Waals surface area contributed by atoms with Crippen molar-refractivity contribution < 1.29 is 37.1 Å². The number of alkyl halides is 6. The van der Waals surface area contributed by atoms with Gasteiger partial charge in [-0.15, -0.1) is 78.8 Å². The minimum Gasteiger partial charge on any atom is -0.358 e. The number of hydrogen-bond acceptors (Lipinski definition) is 0. The SMILES string of the molecule is C.C/C=C/C=C/C=C/CC(Cl)CC(Cl)CC(C)Cl.CC(Cl)CC(Cl)CC(C)Cl.CC/C=C(\Cl)CC.CP.[2H]P.[CH3-].[V].[V]. The molecule has 11 heteroatoms. The molecule has 0 rings (SSSR count). The zero-order chi connectivity index (χ0) is 30.9. The van der Waals surface area contributed by atoms with Gasteiger partial charge in [-0.05, 0) is 72.6 Å². The molecule has 0 aliphatic carbocycles. The van der Waals surface area contributed by atoms with Crippen LogP contribution in [0.2, 0.25) is 0 Å². The molecule has 0 aromatic carbocycles. The van der Waals surface area contributed by atoms with Gasteiger partial charge in [-0.25, -0.2) is 0 Å². The Hall–Kier alpha value is 3.02. The van der Waals surface area contributed by atoms with E-state index in [2.05, 4.69) is 29.2 Å². The summed E-state index contributed by atoms with van der Waals surface area (Å²) in [5, 5.41) is 1.66. The third-order valence-electron chi connectivity index (χ3n) is 4.07. The Balaban J connectivity index is -0.0000000539. The molecule has 0 saturated carbocycles. The second-order valence-corrected chi connectivity index (χ2v) is 12.6. The molecule has 0 aliphatic rings. The van der Waals surface area contributed by atoms with Crippen LogP contribution in [0.3, 0.4) is 0 Å². The number of allylic oxidation sites excluding steroid dienone is 8. The van der Waals surface area contributed by atoms with Crippen molar-refractivity contribution in [2.75, 3.05) is 6.66 Å². The maximum Gasteiger partial charge on any atom is 0.0511 e. The van der Waals surface area contributed by atoms with E-state index < -0.39 is 0 Å². The van der Waals surface area contributed by atoms with Crippen molar-refractivity contribution >= 4 is 100 Å². The summed E-state index contributed by atoms with van der Waals surface area (Å²) in [5.74, 6) is 0. The molecule has 0 aromatic rings. The van der Waals surface area contributed by atoms with Gasteiger partial charge in [-0.3, -0.25) is 0 Å². The molecule has 0 N–H and O–H groups in total. The largest absolute Gasteiger partial charge is 0.358 e. The van der Waals surface area contributed by atoms with E-state index in [4.69, 9.17) is 82.5 Å². The van der Waals surface area contributed by atoms with Crippen molar-refractivity contribution in [3.63, 3.8) is 0 Å². The van der Waals surface area contributed by atoms with Crippen LogP contribution in [0.25, 0.3) is 0 Å². The molecule has 0 bridgehead atoms. The molecule has 250 valence electrons. The average Bonchev–Trinajstić information content (AvgIpc) is 2.83. The predicted molar refractivity (Wildman–Crippen MR) is 205 cm³/mol. The van der Waals surface area contributed by atoms with Gasteiger partial charge in [0, 0.05) is 74.4 Å². The fourth-order valence-corrected chi connectivity index (χ4v) is 5.03. The summed E-state index contributed by atoms with van der Waals surface area (Å²) in [7, 11) is 4.08. The first-order valence-corrected chi connectivity index (χ1v) is 16.8. The first kappa shape index (κ1) is 62.8. The average molecular weight is 834 g/mol. The van der Waals surface area contributed by atoms with E-state index in [1.165, 1.54) is 0 Å². The van der Waals surface area contributed by atoms with Crippen molar-refractivity contribution in [3.05, 3.63) is 55.0 Å². The van der Waals surface area contributed by atoms with Gasteiger partial charge in [0.2, 0.25) is 0 Å². The second kappa shape index (κ2) is 52.5. The van der Waals surface area contributed by atoms with E-state index in [0.29, 0.717) is 0 Å². The molecule has 0 heterocycles. The van der Waals surface area contributed by atoms with Crippen molar-refractivity contribution in [2.24, 2.45) is 0 Å². The monoisotopic (exact) mass is 830 g/mol. The van der Waals surface area contributed by atoms with E-state index >= 15 is 0 Å². The summed E-state index contributed by atoms with van der Waals surface area (Å²) < 4.78 is 5.67. The first-order chi connectivity index (χ1) is 17.9. The fraction of sp³-hybridized carbons (Fsp3) is 0.700. The van der Waals surface area contributed by atoms with Crippen LogP contribution >= 0.6 is 100 Å². The van der Waals surface area contributed by atoms with E-state index in [9.17, 15) is 0 Å². The van der Waals surface area contributed by atoms with Crippen LogP contribution in [0.5, 0.6) is 0 Å². The van der Waals surface area contributed by atoms with E-state index in [-0.39, 0.29) is 84.2 Å². The topological polar surface area (TPSA) is 0 Å². The van der Waals surface area contributed by atoms with Crippen LogP contribution in [0.15, 0.2) is 47.6 Å². The van der Waals surface area contributed by atoms with E-state index in [1.807, 2.05) is 70.8 Å². The van der Waals surface area contributed by atoms with Crippen LogP contribution in [-0.4, -0.2) is 40.2 Å². The molecule has 0 amide bonds. The van der Waals surface area contributed by atoms with E-state index in [0.717, 1.165) is 50.0 Å².